The number of halogens is 1. The van der Waals surface area contributed by atoms with Crippen molar-refractivity contribution < 1.29 is 0 Å². The lowest BCUT2D eigenvalue weighted by molar-refractivity contribution is 0.503. The van der Waals surface area contributed by atoms with Crippen molar-refractivity contribution in [2.24, 2.45) is 5.92 Å². The number of hydrogen-bond donors (Lipinski definition) is 0. The molecule has 0 saturated carbocycles. The minimum absolute atomic E-state index is 0.341. The van der Waals surface area contributed by atoms with Crippen molar-refractivity contribution in [3.05, 3.63) is 12.2 Å². The van der Waals surface area contributed by atoms with Gasteiger partial charge in [0.25, 0.3) is 0 Å². The highest BCUT2D eigenvalue weighted by molar-refractivity contribution is 6.20. The molecule has 0 radical (unpaired) electrons. The largest absolute Gasteiger partial charge is 0.123 e. The zero-order chi connectivity index (χ0) is 7.40. The summed E-state index contributed by atoms with van der Waals surface area (Å²) in [4.78, 5) is 0. The Morgan fingerprint density at radius 1 is 1.70 bits per heavy atom. The molecule has 0 fully saturated rings. The van der Waals surface area contributed by atoms with Crippen LogP contribution in [0.25, 0.3) is 0 Å². The van der Waals surface area contributed by atoms with Gasteiger partial charge in [0.1, 0.15) is 0 Å². The van der Waals surface area contributed by atoms with E-state index in [0.29, 0.717) is 5.38 Å². The van der Waals surface area contributed by atoms with Gasteiger partial charge in [-0.3, -0.25) is 0 Å². The molecule has 0 saturated heterocycles. The molecule has 1 heteroatoms. The first-order chi connectivity index (χ1) is 4.79. The Labute approximate surface area is 68.3 Å². The molecule has 0 N–H and O–H groups in total. The maximum absolute atomic E-state index is 5.88. The molecule has 0 spiro atoms. The molecule has 1 aliphatic rings. The van der Waals surface area contributed by atoms with Crippen molar-refractivity contribution in [2.75, 3.05) is 0 Å². The average molecular weight is 159 g/mol. The first-order valence-corrected chi connectivity index (χ1v) is 4.53. The van der Waals surface area contributed by atoms with Crippen LogP contribution in [0.3, 0.4) is 0 Å². The number of alkyl halides is 1. The maximum atomic E-state index is 5.88. The summed E-state index contributed by atoms with van der Waals surface area (Å²) in [5.74, 6) is 0.765. The Bertz CT molecular complexity index is 116. The molecule has 0 bridgehead atoms. The third kappa shape index (κ3) is 2.74. The van der Waals surface area contributed by atoms with E-state index in [1.54, 1.807) is 0 Å². The Hall–Kier alpha value is 0.0300. The summed E-state index contributed by atoms with van der Waals surface area (Å²) in [5, 5.41) is 0.341. The lowest BCUT2D eigenvalue weighted by Gasteiger charge is -2.16. The second-order valence-electron chi connectivity index (χ2n) is 3.14. The molecule has 0 aromatic carbocycles. The molecule has 0 unspecified atom stereocenters. The average Bonchev–Trinajstić information content (AvgIpc) is 1.88. The second-order valence-corrected chi connectivity index (χ2v) is 3.88. The Kier molecular flexibility index (Phi) is 3.27. The summed E-state index contributed by atoms with van der Waals surface area (Å²) in [6, 6.07) is 0. The fourth-order valence-corrected chi connectivity index (χ4v) is 1.73. The molecule has 1 aliphatic carbocycles. The van der Waals surface area contributed by atoms with Crippen LogP contribution in [-0.2, 0) is 0 Å². The van der Waals surface area contributed by atoms with Crippen LogP contribution in [0, 0.1) is 5.92 Å². The zero-order valence-corrected chi connectivity index (χ0v) is 7.27. The number of allylic oxidation sites excluding steroid dienone is 2. The van der Waals surface area contributed by atoms with E-state index in [4.69, 9.17) is 11.6 Å². The lowest BCUT2D eigenvalue weighted by atomic mass is 9.92. The van der Waals surface area contributed by atoms with Crippen molar-refractivity contribution in [2.45, 2.75) is 38.0 Å². The molecule has 0 aromatic rings. The molecule has 0 aromatic heterocycles. The second kappa shape index (κ2) is 4.02. The maximum Gasteiger partial charge on any atom is 0.0313 e. The predicted octanol–water partition coefficient (Wildman–Crippen LogP) is 3.36. The first-order valence-electron chi connectivity index (χ1n) is 4.10. The van der Waals surface area contributed by atoms with Crippen LogP contribution in [0.5, 0.6) is 0 Å². The molecular weight excluding hydrogens is 144 g/mol. The summed E-state index contributed by atoms with van der Waals surface area (Å²) in [7, 11) is 0. The van der Waals surface area contributed by atoms with Crippen LogP contribution >= 0.6 is 11.6 Å². The van der Waals surface area contributed by atoms with Crippen molar-refractivity contribution >= 4 is 11.6 Å². The highest BCUT2D eigenvalue weighted by Crippen LogP contribution is 2.22. The van der Waals surface area contributed by atoms with E-state index in [1.165, 1.54) is 19.3 Å². The monoisotopic (exact) mass is 158 g/mol. The highest BCUT2D eigenvalue weighted by atomic mass is 35.5. The summed E-state index contributed by atoms with van der Waals surface area (Å²) >= 11 is 5.88. The molecule has 0 heterocycles. The van der Waals surface area contributed by atoms with Gasteiger partial charge < -0.3 is 0 Å². The van der Waals surface area contributed by atoms with E-state index in [2.05, 4.69) is 19.1 Å². The summed E-state index contributed by atoms with van der Waals surface area (Å²) < 4.78 is 0. The molecule has 0 aliphatic heterocycles. The Morgan fingerprint density at radius 3 is 3.00 bits per heavy atom. The zero-order valence-electron chi connectivity index (χ0n) is 6.52. The van der Waals surface area contributed by atoms with Crippen molar-refractivity contribution in [1.29, 1.82) is 0 Å². The highest BCUT2D eigenvalue weighted by Gasteiger charge is 2.10. The van der Waals surface area contributed by atoms with Gasteiger partial charge in [-0.2, -0.15) is 0 Å². The van der Waals surface area contributed by atoms with Gasteiger partial charge in [0.05, 0.1) is 0 Å². The normalized spacial score (nSPS) is 28.4. The summed E-state index contributed by atoms with van der Waals surface area (Å²) in [5.41, 5.74) is 0. The predicted molar refractivity (Wildman–Crippen MR) is 46.4 cm³/mol. The van der Waals surface area contributed by atoms with Crippen LogP contribution in [0.4, 0.5) is 0 Å². The van der Waals surface area contributed by atoms with Crippen LogP contribution in [0.2, 0.25) is 0 Å². The molecular formula is C9H15Cl. The molecule has 58 valence electrons. The standard InChI is InChI=1S/C9H15Cl/c1-8(10)7-9-5-3-2-4-6-9/h3,5,8-9H,2,4,6-7H2,1H3/t8-,9-/m1/s1. The summed E-state index contributed by atoms with van der Waals surface area (Å²) in [6.45, 7) is 2.07. The smallest absolute Gasteiger partial charge is 0.0313 e. The van der Waals surface area contributed by atoms with E-state index in [9.17, 15) is 0 Å². The van der Waals surface area contributed by atoms with Crippen molar-refractivity contribution in [1.82, 2.24) is 0 Å². The Morgan fingerprint density at radius 2 is 2.50 bits per heavy atom. The minimum Gasteiger partial charge on any atom is -0.123 e. The van der Waals surface area contributed by atoms with Gasteiger partial charge in [-0.15, -0.1) is 11.6 Å². The fourth-order valence-electron chi connectivity index (χ4n) is 1.50. The Balaban J connectivity index is 2.26. The van der Waals surface area contributed by atoms with Gasteiger partial charge in [-0.25, -0.2) is 0 Å². The molecule has 10 heavy (non-hydrogen) atoms. The topological polar surface area (TPSA) is 0 Å². The molecule has 1 rings (SSSR count). The molecule has 2 atom stereocenters. The fraction of sp³-hybridized carbons (Fsp3) is 0.778. The first kappa shape index (κ1) is 8.13. The number of rotatable bonds is 2. The van der Waals surface area contributed by atoms with Gasteiger partial charge in [0, 0.05) is 5.38 Å². The van der Waals surface area contributed by atoms with E-state index in [-0.39, 0.29) is 0 Å². The van der Waals surface area contributed by atoms with Crippen molar-refractivity contribution in [3.8, 4) is 0 Å². The van der Waals surface area contributed by atoms with Gasteiger partial charge >= 0.3 is 0 Å². The lowest BCUT2D eigenvalue weighted by Crippen LogP contribution is -2.05. The summed E-state index contributed by atoms with van der Waals surface area (Å²) in [6.07, 6.45) is 9.72. The van der Waals surface area contributed by atoms with Gasteiger partial charge in [-0.05, 0) is 38.5 Å². The van der Waals surface area contributed by atoms with Crippen LogP contribution in [0.15, 0.2) is 12.2 Å². The van der Waals surface area contributed by atoms with E-state index in [1.807, 2.05) is 0 Å². The van der Waals surface area contributed by atoms with Crippen LogP contribution in [0.1, 0.15) is 32.6 Å². The van der Waals surface area contributed by atoms with Gasteiger partial charge in [0.15, 0.2) is 0 Å². The minimum atomic E-state index is 0.341. The third-order valence-electron chi connectivity index (χ3n) is 1.98. The van der Waals surface area contributed by atoms with Crippen LogP contribution < -0.4 is 0 Å². The SMILES string of the molecule is C[C@@H](Cl)C[C@@H]1C=CCCC1. The third-order valence-corrected chi connectivity index (χ3v) is 2.16. The van der Waals surface area contributed by atoms with E-state index in [0.717, 1.165) is 12.3 Å². The van der Waals surface area contributed by atoms with E-state index < -0.39 is 0 Å². The van der Waals surface area contributed by atoms with Crippen molar-refractivity contribution in [3.63, 3.8) is 0 Å². The van der Waals surface area contributed by atoms with Crippen LogP contribution in [-0.4, -0.2) is 5.38 Å². The van der Waals surface area contributed by atoms with E-state index >= 15 is 0 Å². The quantitative estimate of drug-likeness (QED) is 0.427. The van der Waals surface area contributed by atoms with Gasteiger partial charge in [-0.1, -0.05) is 12.2 Å². The molecule has 0 amide bonds. The number of hydrogen-bond acceptors (Lipinski definition) is 0. The van der Waals surface area contributed by atoms with Gasteiger partial charge in [0.2, 0.25) is 0 Å². The molecule has 0 nitrogen and oxygen atoms in total.